The first-order valence-electron chi connectivity index (χ1n) is 11.4. The van der Waals surface area contributed by atoms with E-state index in [4.69, 9.17) is 4.42 Å². The van der Waals surface area contributed by atoms with Crippen molar-refractivity contribution in [2.75, 3.05) is 0 Å². The number of halogens is 4. The maximum atomic E-state index is 13.8. The Morgan fingerprint density at radius 3 is 2.37 bits per heavy atom. The number of benzene rings is 2. The van der Waals surface area contributed by atoms with Crippen LogP contribution in [0.2, 0.25) is 0 Å². The van der Waals surface area contributed by atoms with E-state index in [9.17, 15) is 17.6 Å². The highest BCUT2D eigenvalue weighted by atomic mass is 19.4. The van der Waals surface area contributed by atoms with Gasteiger partial charge in [0.25, 0.3) is 0 Å². The molecule has 0 aliphatic carbocycles. The Morgan fingerprint density at radius 2 is 1.66 bits per heavy atom. The quantitative estimate of drug-likeness (QED) is 0.152. The van der Waals surface area contributed by atoms with Crippen molar-refractivity contribution in [3.63, 3.8) is 0 Å². The molecule has 5 aromatic rings. The number of fused-ring (bicyclic) bond motifs is 4. The molecule has 0 saturated heterocycles. The van der Waals surface area contributed by atoms with E-state index in [0.29, 0.717) is 16.5 Å². The summed E-state index contributed by atoms with van der Waals surface area (Å²) in [6, 6.07) is 14.2. The lowest BCUT2D eigenvalue weighted by Crippen LogP contribution is -2.36. The molecule has 0 aliphatic rings. The molecule has 0 unspecified atom stereocenters. The highest BCUT2D eigenvalue weighted by molar-refractivity contribution is 6.09. The van der Waals surface area contributed by atoms with E-state index in [1.165, 1.54) is 19.9 Å². The average molecular weight is 482 g/mol. The van der Waals surface area contributed by atoms with Crippen molar-refractivity contribution in [3.8, 4) is 11.3 Å². The molecule has 0 amide bonds. The predicted molar refractivity (Wildman–Crippen MR) is 129 cm³/mol. The lowest BCUT2D eigenvalue weighted by atomic mass is 9.83. The zero-order chi connectivity index (χ0) is 25.3. The molecule has 0 N–H and O–H groups in total. The second-order valence-corrected chi connectivity index (χ2v) is 9.85. The van der Waals surface area contributed by atoms with Gasteiger partial charge in [0.05, 0.1) is 11.0 Å². The molecule has 0 atom stereocenters. The van der Waals surface area contributed by atoms with Crippen molar-refractivity contribution in [1.29, 1.82) is 0 Å². The van der Waals surface area contributed by atoms with Crippen LogP contribution in [0.1, 0.15) is 30.5 Å². The van der Waals surface area contributed by atoms with Crippen molar-refractivity contribution in [3.05, 3.63) is 71.2 Å². The minimum absolute atomic E-state index is 0.175. The fourth-order valence-corrected chi connectivity index (χ4v) is 4.77. The molecule has 180 valence electrons. The molecule has 0 radical (unpaired) electrons. The van der Waals surface area contributed by atoms with Gasteiger partial charge in [-0.2, -0.15) is 27.1 Å². The summed E-state index contributed by atoms with van der Waals surface area (Å²) in [4.78, 5) is 3.91. The SMILES string of the molecule is Cc1cc2c(oc3nc(F)ccc32)c(-c2cc(CC(C)(C)C(F)(F)F)c3ccccc3[n+]2C)c1C. The lowest BCUT2D eigenvalue weighted by Gasteiger charge is -2.28. The summed E-state index contributed by atoms with van der Waals surface area (Å²) in [7, 11) is 1.89. The molecule has 35 heavy (non-hydrogen) atoms. The molecule has 0 bridgehead atoms. The van der Waals surface area contributed by atoms with Gasteiger partial charge < -0.3 is 4.42 Å². The van der Waals surface area contributed by atoms with E-state index >= 15 is 0 Å². The van der Waals surface area contributed by atoms with E-state index < -0.39 is 17.5 Å². The van der Waals surface area contributed by atoms with E-state index in [1.807, 2.05) is 61.9 Å². The molecule has 7 heteroatoms. The summed E-state index contributed by atoms with van der Waals surface area (Å²) in [5.74, 6) is -0.639. The van der Waals surface area contributed by atoms with Gasteiger partial charge in [-0.05, 0) is 61.2 Å². The van der Waals surface area contributed by atoms with Gasteiger partial charge >= 0.3 is 6.18 Å². The smallest absolute Gasteiger partial charge is 0.394 e. The fourth-order valence-electron chi connectivity index (χ4n) is 4.77. The minimum atomic E-state index is -4.35. The number of nitrogens with zero attached hydrogens (tertiary/aromatic N) is 2. The molecule has 0 fully saturated rings. The van der Waals surface area contributed by atoms with E-state index in [0.717, 1.165) is 38.7 Å². The molecule has 2 aromatic carbocycles. The number of pyridine rings is 2. The zero-order valence-corrected chi connectivity index (χ0v) is 20.1. The number of hydrogen-bond acceptors (Lipinski definition) is 2. The number of hydrogen-bond donors (Lipinski definition) is 0. The van der Waals surface area contributed by atoms with Crippen molar-refractivity contribution in [2.45, 2.75) is 40.3 Å². The molecule has 0 saturated carbocycles. The molecular weight excluding hydrogens is 456 g/mol. The van der Waals surface area contributed by atoms with Crippen LogP contribution in [0.3, 0.4) is 0 Å². The third kappa shape index (κ3) is 3.65. The number of aromatic nitrogens is 2. The second-order valence-electron chi connectivity index (χ2n) is 9.85. The first kappa shape index (κ1) is 23.3. The van der Waals surface area contributed by atoms with Crippen molar-refractivity contribution < 1.29 is 26.5 Å². The van der Waals surface area contributed by atoms with Crippen LogP contribution in [-0.4, -0.2) is 11.2 Å². The summed E-state index contributed by atoms with van der Waals surface area (Å²) in [6.45, 7) is 6.39. The highest BCUT2D eigenvalue weighted by Gasteiger charge is 2.47. The Hall–Kier alpha value is -3.48. The van der Waals surface area contributed by atoms with Crippen LogP contribution < -0.4 is 4.57 Å². The van der Waals surface area contributed by atoms with Crippen LogP contribution in [-0.2, 0) is 13.5 Å². The monoisotopic (exact) mass is 481 g/mol. The van der Waals surface area contributed by atoms with Gasteiger partial charge in [-0.15, -0.1) is 0 Å². The fraction of sp³-hybridized carbons (Fsp3) is 0.286. The maximum Gasteiger partial charge on any atom is 0.394 e. The van der Waals surface area contributed by atoms with Crippen LogP contribution in [0.5, 0.6) is 0 Å². The van der Waals surface area contributed by atoms with Gasteiger partial charge in [0.1, 0.15) is 7.05 Å². The Labute approximate surface area is 200 Å². The summed E-state index contributed by atoms with van der Waals surface area (Å²) in [6.07, 6.45) is -4.53. The third-order valence-corrected chi connectivity index (χ3v) is 7.05. The molecule has 0 spiro atoms. The maximum absolute atomic E-state index is 13.8. The molecular formula is C28H25F4N2O+. The van der Waals surface area contributed by atoms with Gasteiger partial charge in [-0.3, -0.25) is 0 Å². The van der Waals surface area contributed by atoms with Crippen LogP contribution in [0.25, 0.3) is 44.2 Å². The summed E-state index contributed by atoms with van der Waals surface area (Å²) in [5.41, 5.74) is 3.64. The van der Waals surface area contributed by atoms with E-state index in [2.05, 4.69) is 4.98 Å². The topological polar surface area (TPSA) is 29.9 Å². The van der Waals surface area contributed by atoms with Gasteiger partial charge in [-0.1, -0.05) is 26.0 Å². The standard InChI is InChI=1S/C28H25F4N2O/c1-15-12-20-19-10-11-23(29)33-26(19)35-25(20)24(16(15)2)22-13-17(14-27(3,4)28(30,31)32)18-8-6-7-9-21(18)34(22)5/h6-13H,14H2,1-5H3/q+1. The first-order valence-corrected chi connectivity index (χ1v) is 11.4. The molecule has 3 heterocycles. The predicted octanol–water partition coefficient (Wildman–Crippen LogP) is 7.51. The van der Waals surface area contributed by atoms with Crippen molar-refractivity contribution in [1.82, 2.24) is 4.98 Å². The van der Waals surface area contributed by atoms with Gasteiger partial charge in [0.15, 0.2) is 5.58 Å². The molecule has 0 aliphatic heterocycles. The molecule has 3 nitrogen and oxygen atoms in total. The second kappa shape index (κ2) is 7.77. The summed E-state index contributed by atoms with van der Waals surface area (Å²) in [5, 5.41) is 2.24. The largest absolute Gasteiger partial charge is 0.437 e. The Bertz CT molecular complexity index is 1630. The normalized spacial score (nSPS) is 12.8. The zero-order valence-electron chi connectivity index (χ0n) is 20.1. The van der Waals surface area contributed by atoms with E-state index in [-0.39, 0.29) is 12.1 Å². The number of furan rings is 1. The lowest BCUT2D eigenvalue weighted by molar-refractivity contribution is -0.633. The number of rotatable bonds is 3. The highest BCUT2D eigenvalue weighted by Crippen LogP contribution is 2.43. The van der Waals surface area contributed by atoms with Gasteiger partial charge in [-0.25, -0.2) is 0 Å². The Kier molecular flexibility index (Phi) is 5.16. The van der Waals surface area contributed by atoms with Crippen molar-refractivity contribution in [2.24, 2.45) is 12.5 Å². The summed E-state index contributed by atoms with van der Waals surface area (Å²) < 4.78 is 63.4. The van der Waals surface area contributed by atoms with Gasteiger partial charge in [0.2, 0.25) is 22.9 Å². The first-order chi connectivity index (χ1) is 16.4. The van der Waals surface area contributed by atoms with Crippen LogP contribution >= 0.6 is 0 Å². The minimum Gasteiger partial charge on any atom is -0.437 e. The Balaban J connectivity index is 1.87. The average Bonchev–Trinajstić information content (AvgIpc) is 3.13. The summed E-state index contributed by atoms with van der Waals surface area (Å²) >= 11 is 0. The number of para-hydroxylation sites is 1. The van der Waals surface area contributed by atoms with Gasteiger partial charge in [0, 0.05) is 28.3 Å². The van der Waals surface area contributed by atoms with Crippen molar-refractivity contribution >= 4 is 33.0 Å². The van der Waals surface area contributed by atoms with Crippen LogP contribution in [0, 0.1) is 25.2 Å². The molecule has 3 aromatic heterocycles. The molecule has 5 rings (SSSR count). The van der Waals surface area contributed by atoms with E-state index in [1.54, 1.807) is 6.07 Å². The van der Waals surface area contributed by atoms with Crippen LogP contribution in [0.4, 0.5) is 17.6 Å². The number of aryl methyl sites for hydroxylation is 2. The van der Waals surface area contributed by atoms with Crippen LogP contribution in [0.15, 0.2) is 52.9 Å². The third-order valence-electron chi connectivity index (χ3n) is 7.05. The number of alkyl halides is 3. The Morgan fingerprint density at radius 1 is 0.943 bits per heavy atom.